The molecule has 3 aromatic rings. The second-order valence-corrected chi connectivity index (χ2v) is 7.00. The van der Waals surface area contributed by atoms with Crippen LogP contribution in [0.5, 0.6) is 5.75 Å². The summed E-state index contributed by atoms with van der Waals surface area (Å²) < 4.78 is 14.5. The molecule has 10 heteroatoms. The van der Waals surface area contributed by atoms with E-state index in [2.05, 4.69) is 15.3 Å². The predicted molar refractivity (Wildman–Crippen MR) is 101 cm³/mol. The Bertz CT molecular complexity index is 956. The quantitative estimate of drug-likeness (QED) is 0.549. The zero-order valence-corrected chi connectivity index (χ0v) is 16.0. The van der Waals surface area contributed by atoms with Gasteiger partial charge in [-0.3, -0.25) is 0 Å². The molecule has 2 aromatic heterocycles. The molecule has 29 heavy (non-hydrogen) atoms. The summed E-state index contributed by atoms with van der Waals surface area (Å²) in [7, 11) is 3.42. The normalized spacial score (nSPS) is 27.1. The molecule has 1 aliphatic heterocycles. The highest BCUT2D eigenvalue weighted by molar-refractivity contribution is 5.51. The Labute approximate surface area is 167 Å². The van der Waals surface area contributed by atoms with Crippen LogP contribution in [0, 0.1) is 0 Å². The average Bonchev–Trinajstić information content (AvgIpc) is 3.38. The van der Waals surface area contributed by atoms with Crippen LogP contribution >= 0.6 is 0 Å². The van der Waals surface area contributed by atoms with Crippen LogP contribution in [-0.4, -0.2) is 71.9 Å². The molecule has 0 spiro atoms. The lowest BCUT2D eigenvalue weighted by atomic mass is 9.89. The van der Waals surface area contributed by atoms with E-state index in [4.69, 9.17) is 9.47 Å². The van der Waals surface area contributed by atoms with Crippen LogP contribution < -0.4 is 4.74 Å². The van der Waals surface area contributed by atoms with Crippen molar-refractivity contribution in [3.63, 3.8) is 0 Å². The Hall–Kier alpha value is -2.79. The van der Waals surface area contributed by atoms with Gasteiger partial charge in [-0.15, -0.1) is 5.10 Å². The van der Waals surface area contributed by atoms with Gasteiger partial charge in [0.05, 0.1) is 38.1 Å². The van der Waals surface area contributed by atoms with Gasteiger partial charge in [-0.05, 0) is 17.7 Å². The molecule has 3 heterocycles. The number of methoxy groups -OCH3 is 1. The van der Waals surface area contributed by atoms with Crippen molar-refractivity contribution in [1.82, 2.24) is 24.5 Å². The van der Waals surface area contributed by atoms with E-state index < -0.39 is 37.1 Å². The molecule has 10 nitrogen and oxygen atoms in total. The van der Waals surface area contributed by atoms with Crippen LogP contribution in [0.1, 0.15) is 17.7 Å². The molecule has 1 aliphatic rings. The van der Waals surface area contributed by atoms with E-state index in [-0.39, 0.29) is 0 Å². The highest BCUT2D eigenvalue weighted by Crippen LogP contribution is 2.40. The second kappa shape index (κ2) is 7.91. The zero-order chi connectivity index (χ0) is 20.5. The number of aromatic nitrogens is 5. The molecule has 4 rings (SSSR count). The minimum atomic E-state index is -1.27. The fourth-order valence-electron chi connectivity index (χ4n) is 3.61. The molecule has 0 aliphatic carbocycles. The van der Waals surface area contributed by atoms with Gasteiger partial charge in [-0.25, -0.2) is 9.67 Å². The van der Waals surface area contributed by atoms with Gasteiger partial charge in [-0.1, -0.05) is 17.3 Å². The maximum Gasteiger partial charge on any atom is 0.131 e. The lowest BCUT2D eigenvalue weighted by Gasteiger charge is -2.42. The average molecular weight is 401 g/mol. The molecule has 1 saturated heterocycles. The third-order valence-electron chi connectivity index (χ3n) is 5.23. The Morgan fingerprint density at radius 2 is 1.93 bits per heavy atom. The lowest BCUT2D eigenvalue weighted by Crippen LogP contribution is -2.53. The van der Waals surface area contributed by atoms with Crippen molar-refractivity contribution in [2.24, 2.45) is 7.05 Å². The van der Waals surface area contributed by atoms with Gasteiger partial charge in [0.2, 0.25) is 0 Å². The van der Waals surface area contributed by atoms with E-state index in [9.17, 15) is 15.3 Å². The molecule has 1 aromatic carbocycles. The zero-order valence-electron chi connectivity index (χ0n) is 16.0. The first-order chi connectivity index (χ1) is 14.0. The van der Waals surface area contributed by atoms with Gasteiger partial charge in [0, 0.05) is 7.05 Å². The number of benzene rings is 1. The van der Waals surface area contributed by atoms with Crippen molar-refractivity contribution >= 4 is 0 Å². The minimum absolute atomic E-state index is 0.421. The Morgan fingerprint density at radius 1 is 1.17 bits per heavy atom. The molecule has 3 N–H and O–H groups in total. The number of aliphatic hydroxyl groups is 3. The van der Waals surface area contributed by atoms with E-state index in [1.807, 2.05) is 19.2 Å². The summed E-state index contributed by atoms with van der Waals surface area (Å²) >= 11 is 0. The number of aryl methyl sites for hydroxylation is 1. The van der Waals surface area contributed by atoms with Gasteiger partial charge in [-0.2, -0.15) is 0 Å². The number of hydrogen-bond acceptors (Lipinski definition) is 8. The van der Waals surface area contributed by atoms with Crippen molar-refractivity contribution in [3.8, 4) is 17.1 Å². The third kappa shape index (κ3) is 3.51. The van der Waals surface area contributed by atoms with Crippen molar-refractivity contribution < 1.29 is 24.8 Å². The summed E-state index contributed by atoms with van der Waals surface area (Å²) in [6.45, 7) is -0.421. The number of ether oxygens (including phenoxy) is 2. The minimum Gasteiger partial charge on any atom is -0.497 e. The topological polar surface area (TPSA) is 128 Å². The molecule has 0 amide bonds. The number of imidazole rings is 1. The number of hydrogen-bond donors (Lipinski definition) is 3. The van der Waals surface area contributed by atoms with Crippen molar-refractivity contribution in [3.05, 3.63) is 48.5 Å². The monoisotopic (exact) mass is 401 g/mol. The van der Waals surface area contributed by atoms with Gasteiger partial charge in [0.25, 0.3) is 0 Å². The first-order valence-electron chi connectivity index (χ1n) is 9.18. The summed E-state index contributed by atoms with van der Waals surface area (Å²) in [5.41, 5.74) is 2.08. The molecule has 0 radical (unpaired) electrons. The molecule has 0 unspecified atom stereocenters. The third-order valence-corrected chi connectivity index (χ3v) is 5.23. The summed E-state index contributed by atoms with van der Waals surface area (Å²) in [6, 6.07) is 6.44. The summed E-state index contributed by atoms with van der Waals surface area (Å²) in [5, 5.41) is 39.2. The van der Waals surface area contributed by atoms with Crippen molar-refractivity contribution in [1.29, 1.82) is 0 Å². The Kier molecular flexibility index (Phi) is 5.33. The van der Waals surface area contributed by atoms with Crippen molar-refractivity contribution in [2.45, 2.75) is 30.5 Å². The highest BCUT2D eigenvalue weighted by atomic mass is 16.5. The number of nitrogens with zero attached hydrogens (tertiary/aromatic N) is 5. The van der Waals surface area contributed by atoms with E-state index in [1.165, 1.54) is 4.68 Å². The smallest absolute Gasteiger partial charge is 0.131 e. The SMILES string of the molecule is COc1ccc([C@@H]2O[C@H](CO)[C@H](O)[C@H](O)[C@H]2n2cc(-c3cncn3C)nn2)cc1. The lowest BCUT2D eigenvalue weighted by molar-refractivity contribution is -0.208. The second-order valence-electron chi connectivity index (χ2n) is 7.00. The first-order valence-corrected chi connectivity index (χ1v) is 9.18. The van der Waals surface area contributed by atoms with Crippen LogP contribution in [0.4, 0.5) is 0 Å². The largest absolute Gasteiger partial charge is 0.497 e. The van der Waals surface area contributed by atoms with Crippen LogP contribution in [0.25, 0.3) is 11.4 Å². The standard InChI is InChI=1S/C19H23N5O5/c1-23-10-20-7-14(23)13-8-24(22-21-13)16-18(27)17(26)15(9-25)29-19(16)11-3-5-12(28-2)6-4-11/h3-8,10,15-19,25-27H,9H2,1-2H3/t15-,16-,17+,18-,19+/m1/s1. The van der Waals surface area contributed by atoms with Gasteiger partial charge >= 0.3 is 0 Å². The molecular weight excluding hydrogens is 378 g/mol. The molecule has 0 saturated carbocycles. The summed E-state index contributed by atoms with van der Waals surface area (Å²) in [4.78, 5) is 4.08. The Morgan fingerprint density at radius 3 is 2.55 bits per heavy atom. The number of aliphatic hydroxyl groups excluding tert-OH is 3. The predicted octanol–water partition coefficient (Wildman–Crippen LogP) is 0.0825. The summed E-state index contributed by atoms with van der Waals surface area (Å²) in [6.07, 6.45) is 0.906. The highest BCUT2D eigenvalue weighted by Gasteiger charge is 2.46. The Balaban J connectivity index is 1.72. The first kappa shape index (κ1) is 19.5. The van der Waals surface area contributed by atoms with E-state index in [1.54, 1.807) is 42.5 Å². The molecule has 0 bridgehead atoms. The fraction of sp³-hybridized carbons (Fsp3) is 0.421. The fourth-order valence-corrected chi connectivity index (χ4v) is 3.61. The van der Waals surface area contributed by atoms with Crippen molar-refractivity contribution in [2.75, 3.05) is 13.7 Å². The molecular formula is C19H23N5O5. The maximum absolute atomic E-state index is 10.8. The summed E-state index contributed by atoms with van der Waals surface area (Å²) in [5.74, 6) is 0.680. The van der Waals surface area contributed by atoms with Crippen LogP contribution in [0.3, 0.4) is 0 Å². The molecule has 1 fully saturated rings. The van der Waals surface area contributed by atoms with Crippen LogP contribution in [0.15, 0.2) is 43.0 Å². The van der Waals surface area contributed by atoms with E-state index in [0.29, 0.717) is 11.4 Å². The van der Waals surface area contributed by atoms with Gasteiger partial charge in [0.1, 0.15) is 41.9 Å². The maximum atomic E-state index is 10.8. The van der Waals surface area contributed by atoms with Crippen LogP contribution in [0.2, 0.25) is 0 Å². The van der Waals surface area contributed by atoms with Gasteiger partial charge < -0.3 is 29.4 Å². The molecule has 5 atom stereocenters. The van der Waals surface area contributed by atoms with E-state index in [0.717, 1.165) is 11.3 Å². The van der Waals surface area contributed by atoms with Gasteiger partial charge in [0.15, 0.2) is 0 Å². The van der Waals surface area contributed by atoms with E-state index >= 15 is 0 Å². The number of rotatable bonds is 5. The molecule has 154 valence electrons. The van der Waals surface area contributed by atoms with Crippen LogP contribution in [-0.2, 0) is 11.8 Å².